The van der Waals surface area contributed by atoms with Crippen LogP contribution in [0.1, 0.15) is 29.3 Å². The van der Waals surface area contributed by atoms with Gasteiger partial charge < -0.3 is 19.8 Å². The van der Waals surface area contributed by atoms with E-state index < -0.39 is 11.4 Å². The Hall–Kier alpha value is -2.51. The van der Waals surface area contributed by atoms with Crippen LogP contribution in [0.15, 0.2) is 29.2 Å². The van der Waals surface area contributed by atoms with E-state index in [9.17, 15) is 14.4 Å². The molecule has 1 aromatic carbocycles. The zero-order chi connectivity index (χ0) is 18.2. The number of pyridine rings is 1. The minimum absolute atomic E-state index is 0.0278. The number of hydrogen-bond acceptors (Lipinski definition) is 6. The first-order chi connectivity index (χ1) is 12.1. The SMILES string of the molecule is CCn1cc(C(=O)OC=O)c(=O)c2cc(CCCOCCN)ccc21. The molecular weight excluding hydrogens is 324 g/mol. The van der Waals surface area contributed by atoms with Gasteiger partial charge in [-0.25, -0.2) is 4.79 Å². The number of benzene rings is 1. The van der Waals surface area contributed by atoms with Crippen molar-refractivity contribution >= 4 is 23.3 Å². The summed E-state index contributed by atoms with van der Waals surface area (Å²) in [5.74, 6) is -0.940. The summed E-state index contributed by atoms with van der Waals surface area (Å²) in [6.45, 7) is 4.12. The summed E-state index contributed by atoms with van der Waals surface area (Å²) in [6, 6.07) is 5.61. The maximum Gasteiger partial charge on any atom is 0.351 e. The molecule has 0 spiro atoms. The van der Waals surface area contributed by atoms with Crippen molar-refractivity contribution in [2.45, 2.75) is 26.3 Å². The number of aryl methyl sites for hydroxylation is 2. The third-order valence-electron chi connectivity index (χ3n) is 3.88. The van der Waals surface area contributed by atoms with Gasteiger partial charge >= 0.3 is 12.4 Å². The smallest absolute Gasteiger partial charge is 0.351 e. The van der Waals surface area contributed by atoms with Crippen LogP contribution in [0.5, 0.6) is 0 Å². The van der Waals surface area contributed by atoms with Crippen LogP contribution in [0.3, 0.4) is 0 Å². The second-order valence-corrected chi connectivity index (χ2v) is 5.52. The number of rotatable bonds is 9. The molecule has 0 unspecified atom stereocenters. The van der Waals surface area contributed by atoms with Crippen molar-refractivity contribution in [3.05, 3.63) is 45.7 Å². The van der Waals surface area contributed by atoms with Crippen LogP contribution < -0.4 is 11.2 Å². The molecule has 0 saturated carbocycles. The number of esters is 1. The van der Waals surface area contributed by atoms with Gasteiger partial charge in [0.1, 0.15) is 5.56 Å². The van der Waals surface area contributed by atoms with Crippen LogP contribution in [0.25, 0.3) is 10.9 Å². The van der Waals surface area contributed by atoms with Gasteiger partial charge in [0.15, 0.2) is 0 Å². The van der Waals surface area contributed by atoms with E-state index in [1.165, 1.54) is 6.20 Å². The van der Waals surface area contributed by atoms with E-state index in [1.807, 2.05) is 19.1 Å². The standard InChI is InChI=1S/C18H22N2O5/c1-2-20-11-15(18(23)25-12-21)17(22)14-10-13(5-6-16(14)20)4-3-8-24-9-7-19/h5-6,10-12H,2-4,7-9,19H2,1H3. The quantitative estimate of drug-likeness (QED) is 0.317. The van der Waals surface area contributed by atoms with E-state index in [0.29, 0.717) is 31.7 Å². The van der Waals surface area contributed by atoms with Gasteiger partial charge in [-0.15, -0.1) is 0 Å². The average molecular weight is 346 g/mol. The van der Waals surface area contributed by atoms with Crippen molar-refractivity contribution in [1.82, 2.24) is 4.57 Å². The normalized spacial score (nSPS) is 10.8. The predicted molar refractivity (Wildman–Crippen MR) is 93.6 cm³/mol. The predicted octanol–water partition coefficient (Wildman–Crippen LogP) is 1.24. The minimum atomic E-state index is -0.940. The van der Waals surface area contributed by atoms with Crippen LogP contribution in [-0.2, 0) is 27.2 Å². The van der Waals surface area contributed by atoms with Gasteiger partial charge in [-0.1, -0.05) is 6.07 Å². The number of nitrogens with zero attached hydrogens (tertiary/aromatic N) is 1. The minimum Gasteiger partial charge on any atom is -0.392 e. The fraction of sp³-hybridized carbons (Fsp3) is 0.389. The summed E-state index contributed by atoms with van der Waals surface area (Å²) >= 11 is 0. The van der Waals surface area contributed by atoms with E-state index in [4.69, 9.17) is 10.5 Å². The van der Waals surface area contributed by atoms with Crippen molar-refractivity contribution in [2.24, 2.45) is 5.73 Å². The van der Waals surface area contributed by atoms with Crippen LogP contribution in [-0.4, -0.2) is 36.8 Å². The highest BCUT2D eigenvalue weighted by atomic mass is 16.6. The molecule has 1 heterocycles. The molecule has 7 nitrogen and oxygen atoms in total. The Labute approximate surface area is 145 Å². The summed E-state index contributed by atoms with van der Waals surface area (Å²) in [6.07, 6.45) is 2.98. The second-order valence-electron chi connectivity index (χ2n) is 5.52. The highest BCUT2D eigenvalue weighted by molar-refractivity contribution is 5.96. The third kappa shape index (κ3) is 4.52. The molecule has 0 aliphatic rings. The Bertz CT molecular complexity index is 813. The first-order valence-electron chi connectivity index (χ1n) is 8.20. The topological polar surface area (TPSA) is 101 Å². The van der Waals surface area contributed by atoms with Crippen molar-refractivity contribution in [2.75, 3.05) is 19.8 Å². The highest BCUT2D eigenvalue weighted by Crippen LogP contribution is 2.16. The van der Waals surface area contributed by atoms with E-state index in [1.54, 1.807) is 10.6 Å². The number of fused-ring (bicyclic) bond motifs is 1. The van der Waals surface area contributed by atoms with Gasteiger partial charge in [0, 0.05) is 31.3 Å². The summed E-state index contributed by atoms with van der Waals surface area (Å²) in [7, 11) is 0. The number of hydrogen-bond donors (Lipinski definition) is 1. The number of aromatic nitrogens is 1. The molecule has 0 aliphatic heterocycles. The van der Waals surface area contributed by atoms with Crippen LogP contribution in [0, 0.1) is 0 Å². The first kappa shape index (κ1) is 18.8. The lowest BCUT2D eigenvalue weighted by molar-refractivity contribution is -0.123. The maximum atomic E-state index is 12.6. The van der Waals surface area contributed by atoms with Gasteiger partial charge in [0.25, 0.3) is 0 Å². The number of carbonyl (C=O) groups is 2. The molecule has 134 valence electrons. The highest BCUT2D eigenvalue weighted by Gasteiger charge is 2.16. The van der Waals surface area contributed by atoms with Crippen LogP contribution in [0.2, 0.25) is 0 Å². The average Bonchev–Trinajstić information content (AvgIpc) is 2.62. The van der Waals surface area contributed by atoms with Crippen molar-refractivity contribution in [3.63, 3.8) is 0 Å². The fourth-order valence-electron chi connectivity index (χ4n) is 2.68. The number of carbonyl (C=O) groups excluding carboxylic acids is 2. The molecule has 2 rings (SSSR count). The summed E-state index contributed by atoms with van der Waals surface area (Å²) in [5, 5.41) is 0.433. The van der Waals surface area contributed by atoms with Crippen molar-refractivity contribution < 1.29 is 19.1 Å². The van der Waals surface area contributed by atoms with E-state index >= 15 is 0 Å². The van der Waals surface area contributed by atoms with Crippen LogP contribution >= 0.6 is 0 Å². The fourth-order valence-corrected chi connectivity index (χ4v) is 2.68. The van der Waals surface area contributed by atoms with Gasteiger partial charge in [-0.05, 0) is 37.5 Å². The Balaban J connectivity index is 2.35. The third-order valence-corrected chi connectivity index (χ3v) is 3.88. The molecule has 2 N–H and O–H groups in total. The van der Waals surface area contributed by atoms with Gasteiger partial charge in [-0.3, -0.25) is 9.59 Å². The molecule has 0 saturated heterocycles. The molecular formula is C18H22N2O5. The van der Waals surface area contributed by atoms with Gasteiger partial charge in [0.05, 0.1) is 12.1 Å². The molecule has 0 atom stereocenters. The molecule has 7 heteroatoms. The molecule has 25 heavy (non-hydrogen) atoms. The van der Waals surface area contributed by atoms with Crippen LogP contribution in [0.4, 0.5) is 0 Å². The van der Waals surface area contributed by atoms with Gasteiger partial charge in [-0.2, -0.15) is 0 Å². The van der Waals surface area contributed by atoms with Crippen molar-refractivity contribution in [1.29, 1.82) is 0 Å². The second kappa shape index (κ2) is 9.10. The van der Waals surface area contributed by atoms with E-state index in [-0.39, 0.29) is 12.0 Å². The summed E-state index contributed by atoms with van der Waals surface area (Å²) in [5.41, 5.74) is 6.49. The van der Waals surface area contributed by atoms with E-state index in [2.05, 4.69) is 4.74 Å². The Morgan fingerprint density at radius 2 is 2.12 bits per heavy atom. The molecule has 0 aliphatic carbocycles. The lowest BCUT2D eigenvalue weighted by Crippen LogP contribution is -2.20. The summed E-state index contributed by atoms with van der Waals surface area (Å²) in [4.78, 5) is 34.8. The Morgan fingerprint density at radius 1 is 1.32 bits per heavy atom. The molecule has 0 bridgehead atoms. The first-order valence-corrected chi connectivity index (χ1v) is 8.20. The van der Waals surface area contributed by atoms with E-state index in [0.717, 1.165) is 23.9 Å². The zero-order valence-electron chi connectivity index (χ0n) is 14.2. The monoisotopic (exact) mass is 346 g/mol. The lowest BCUT2D eigenvalue weighted by atomic mass is 10.0. The molecule has 0 radical (unpaired) electrons. The lowest BCUT2D eigenvalue weighted by Gasteiger charge is -2.12. The largest absolute Gasteiger partial charge is 0.392 e. The zero-order valence-corrected chi connectivity index (χ0v) is 14.2. The number of ether oxygens (including phenoxy) is 2. The molecule has 0 fully saturated rings. The number of nitrogens with two attached hydrogens (primary N) is 1. The molecule has 0 amide bonds. The van der Waals surface area contributed by atoms with Crippen molar-refractivity contribution in [3.8, 4) is 0 Å². The Kier molecular flexibility index (Phi) is 6.85. The molecule has 1 aromatic heterocycles. The van der Waals surface area contributed by atoms with Gasteiger partial charge in [0.2, 0.25) is 5.43 Å². The maximum absolute atomic E-state index is 12.6. The molecule has 2 aromatic rings. The Morgan fingerprint density at radius 3 is 2.80 bits per heavy atom. The summed E-state index contributed by atoms with van der Waals surface area (Å²) < 4.78 is 11.5.